The smallest absolute Gasteiger partial charge is 0.261 e. The summed E-state index contributed by atoms with van der Waals surface area (Å²) in [5.41, 5.74) is -0.208. The maximum absolute atomic E-state index is 13.8. The largest absolute Gasteiger partial charge is 0.381 e. The van der Waals surface area contributed by atoms with Crippen LogP contribution in [0.4, 0.5) is 4.39 Å². The molecule has 0 saturated heterocycles. The molecule has 1 aromatic carbocycles. The van der Waals surface area contributed by atoms with Crippen molar-refractivity contribution in [3.8, 4) is 0 Å². The van der Waals surface area contributed by atoms with Crippen molar-refractivity contribution in [2.24, 2.45) is 0 Å². The molecule has 1 aliphatic carbocycles. The van der Waals surface area contributed by atoms with Crippen LogP contribution < -0.4 is 5.32 Å². The minimum atomic E-state index is -4.02. The maximum atomic E-state index is 13.8. The second-order valence-electron chi connectivity index (χ2n) is 4.92. The number of nitrogens with one attached hydrogen (secondary N) is 1. The van der Waals surface area contributed by atoms with E-state index in [0.29, 0.717) is 6.42 Å². The fourth-order valence-corrected chi connectivity index (χ4v) is 3.14. The van der Waals surface area contributed by atoms with Crippen LogP contribution in [0.1, 0.15) is 29.6 Å². The molecule has 2 atom stereocenters. The standard InChI is InChI=1S/C13H15ClFNO4S/c1-20-9-3-2-8(6-9)16-13(17)11-5-4-10(7-12(11)15)21(14,18)19/h4-5,7-9H,2-3,6H2,1H3,(H,16,17). The highest BCUT2D eigenvalue weighted by Crippen LogP contribution is 2.23. The third kappa shape index (κ3) is 3.93. The van der Waals surface area contributed by atoms with E-state index in [2.05, 4.69) is 5.32 Å². The molecule has 1 N–H and O–H groups in total. The van der Waals surface area contributed by atoms with Crippen molar-refractivity contribution < 1.29 is 22.3 Å². The van der Waals surface area contributed by atoms with Gasteiger partial charge >= 0.3 is 0 Å². The zero-order valence-electron chi connectivity index (χ0n) is 11.3. The summed E-state index contributed by atoms with van der Waals surface area (Å²) < 4.78 is 41.2. The summed E-state index contributed by atoms with van der Waals surface area (Å²) in [5.74, 6) is -1.50. The van der Waals surface area contributed by atoms with Crippen molar-refractivity contribution in [1.29, 1.82) is 0 Å². The number of rotatable bonds is 4. The fraction of sp³-hybridized carbons (Fsp3) is 0.462. The molecule has 1 fully saturated rings. The van der Waals surface area contributed by atoms with Crippen LogP contribution in [-0.2, 0) is 13.8 Å². The minimum absolute atomic E-state index is 0.0710. The summed E-state index contributed by atoms with van der Waals surface area (Å²) in [7, 11) is 2.72. The van der Waals surface area contributed by atoms with Gasteiger partial charge in [-0.15, -0.1) is 0 Å². The second kappa shape index (κ2) is 6.29. The van der Waals surface area contributed by atoms with Gasteiger partial charge in [-0.1, -0.05) is 0 Å². The van der Waals surface area contributed by atoms with Crippen molar-refractivity contribution >= 4 is 25.6 Å². The molecule has 0 aliphatic heterocycles. The molecule has 0 heterocycles. The van der Waals surface area contributed by atoms with Gasteiger partial charge in [-0.2, -0.15) is 0 Å². The van der Waals surface area contributed by atoms with Gasteiger partial charge in [0.2, 0.25) is 0 Å². The van der Waals surface area contributed by atoms with Crippen molar-refractivity contribution in [1.82, 2.24) is 5.32 Å². The summed E-state index contributed by atoms with van der Waals surface area (Å²) in [6, 6.07) is 2.89. The highest BCUT2D eigenvalue weighted by atomic mass is 35.7. The van der Waals surface area contributed by atoms with E-state index in [9.17, 15) is 17.6 Å². The molecule has 1 aliphatic rings. The van der Waals surface area contributed by atoms with Crippen LogP contribution in [0.15, 0.2) is 23.1 Å². The topological polar surface area (TPSA) is 72.5 Å². The van der Waals surface area contributed by atoms with Crippen molar-refractivity contribution in [2.45, 2.75) is 36.3 Å². The predicted molar refractivity (Wildman–Crippen MR) is 75.3 cm³/mol. The zero-order valence-corrected chi connectivity index (χ0v) is 12.9. The van der Waals surface area contributed by atoms with Crippen LogP contribution >= 0.6 is 10.7 Å². The summed E-state index contributed by atoms with van der Waals surface area (Å²) in [5, 5.41) is 2.72. The van der Waals surface area contributed by atoms with Gasteiger partial charge in [-0.25, -0.2) is 12.8 Å². The van der Waals surface area contributed by atoms with Gasteiger partial charge in [0.25, 0.3) is 15.0 Å². The van der Waals surface area contributed by atoms with E-state index in [4.69, 9.17) is 15.4 Å². The molecule has 2 unspecified atom stereocenters. The molecular formula is C13H15ClFNO4S. The highest BCUT2D eigenvalue weighted by molar-refractivity contribution is 8.13. The molecule has 0 aromatic heterocycles. The Balaban J connectivity index is 2.10. The molecular weight excluding hydrogens is 321 g/mol. The average molecular weight is 336 g/mol. The van der Waals surface area contributed by atoms with E-state index in [1.54, 1.807) is 7.11 Å². The summed E-state index contributed by atoms with van der Waals surface area (Å²) in [4.78, 5) is 11.6. The van der Waals surface area contributed by atoms with E-state index in [0.717, 1.165) is 31.0 Å². The summed E-state index contributed by atoms with van der Waals surface area (Å²) >= 11 is 0. The Morgan fingerprint density at radius 2 is 2.14 bits per heavy atom. The first kappa shape index (κ1) is 16.2. The van der Waals surface area contributed by atoms with Gasteiger partial charge < -0.3 is 10.1 Å². The SMILES string of the molecule is COC1CCC(NC(=O)c2ccc(S(=O)(=O)Cl)cc2F)C1. The van der Waals surface area contributed by atoms with Gasteiger partial charge in [0.05, 0.1) is 16.6 Å². The number of hydrogen-bond acceptors (Lipinski definition) is 4. The fourth-order valence-electron chi connectivity index (χ4n) is 2.38. The Labute approximate surface area is 126 Å². The molecule has 21 heavy (non-hydrogen) atoms. The van der Waals surface area contributed by atoms with Gasteiger partial charge in [0, 0.05) is 23.8 Å². The van der Waals surface area contributed by atoms with E-state index in [1.807, 2.05) is 0 Å². The lowest BCUT2D eigenvalue weighted by Crippen LogP contribution is -2.34. The van der Waals surface area contributed by atoms with Gasteiger partial charge in [0.15, 0.2) is 0 Å². The van der Waals surface area contributed by atoms with Gasteiger partial charge in [-0.3, -0.25) is 4.79 Å². The number of amides is 1. The van der Waals surface area contributed by atoms with Crippen LogP contribution in [0.25, 0.3) is 0 Å². The van der Waals surface area contributed by atoms with Crippen LogP contribution in [0.3, 0.4) is 0 Å². The third-order valence-electron chi connectivity index (χ3n) is 3.52. The van der Waals surface area contributed by atoms with E-state index in [-0.39, 0.29) is 22.6 Å². The van der Waals surface area contributed by atoms with Crippen molar-refractivity contribution in [3.63, 3.8) is 0 Å². The Kier molecular flexibility index (Phi) is 4.85. The van der Waals surface area contributed by atoms with E-state index < -0.39 is 20.8 Å². The third-order valence-corrected chi connectivity index (χ3v) is 4.87. The first-order valence-corrected chi connectivity index (χ1v) is 8.70. The van der Waals surface area contributed by atoms with Crippen molar-refractivity contribution in [2.75, 3.05) is 7.11 Å². The molecule has 116 valence electrons. The lowest BCUT2D eigenvalue weighted by Gasteiger charge is -2.13. The molecule has 8 heteroatoms. The minimum Gasteiger partial charge on any atom is -0.381 e. The number of ether oxygens (including phenoxy) is 1. The molecule has 0 bridgehead atoms. The number of benzene rings is 1. The van der Waals surface area contributed by atoms with E-state index >= 15 is 0 Å². The highest BCUT2D eigenvalue weighted by Gasteiger charge is 2.27. The van der Waals surface area contributed by atoms with Gasteiger partial charge in [-0.05, 0) is 37.5 Å². The molecule has 1 amide bonds. The lowest BCUT2D eigenvalue weighted by atomic mass is 10.1. The molecule has 1 aromatic rings. The Morgan fingerprint density at radius 1 is 1.43 bits per heavy atom. The summed E-state index contributed by atoms with van der Waals surface area (Å²) in [6.45, 7) is 0. The van der Waals surface area contributed by atoms with Crippen LogP contribution in [0, 0.1) is 5.82 Å². The first-order chi connectivity index (χ1) is 9.81. The monoisotopic (exact) mass is 335 g/mol. The Morgan fingerprint density at radius 3 is 2.67 bits per heavy atom. The van der Waals surface area contributed by atoms with Crippen molar-refractivity contribution in [3.05, 3.63) is 29.6 Å². The second-order valence-corrected chi connectivity index (χ2v) is 7.49. The number of carbonyl (C=O) groups excluding carboxylic acids is 1. The number of methoxy groups -OCH3 is 1. The molecule has 1 saturated carbocycles. The lowest BCUT2D eigenvalue weighted by molar-refractivity contribution is 0.0911. The maximum Gasteiger partial charge on any atom is 0.261 e. The first-order valence-electron chi connectivity index (χ1n) is 6.39. The normalized spacial score (nSPS) is 22.2. The number of carbonyl (C=O) groups is 1. The average Bonchev–Trinajstić information content (AvgIpc) is 2.85. The molecule has 0 radical (unpaired) electrons. The Hall–Kier alpha value is -1.18. The van der Waals surface area contributed by atoms with Crippen LogP contribution in [0.5, 0.6) is 0 Å². The van der Waals surface area contributed by atoms with Gasteiger partial charge in [0.1, 0.15) is 5.82 Å². The van der Waals surface area contributed by atoms with E-state index in [1.165, 1.54) is 0 Å². The molecule has 2 rings (SSSR count). The predicted octanol–water partition coefficient (Wildman–Crippen LogP) is 2.05. The zero-order chi connectivity index (χ0) is 15.6. The molecule has 5 nitrogen and oxygen atoms in total. The summed E-state index contributed by atoms with van der Waals surface area (Å²) in [6.07, 6.45) is 2.38. The molecule has 0 spiro atoms. The Bertz CT molecular complexity index is 650. The quantitative estimate of drug-likeness (QED) is 0.855. The number of halogens is 2. The number of hydrogen-bond donors (Lipinski definition) is 1. The van der Waals surface area contributed by atoms with Crippen LogP contribution in [0.2, 0.25) is 0 Å². The van der Waals surface area contributed by atoms with Crippen LogP contribution in [-0.4, -0.2) is 33.6 Å².